The van der Waals surface area contributed by atoms with Crippen molar-refractivity contribution < 1.29 is 9.90 Å². The highest BCUT2D eigenvalue weighted by atomic mass is 16.3. The Morgan fingerprint density at radius 1 is 1.50 bits per heavy atom. The Bertz CT molecular complexity index is 406. The highest BCUT2D eigenvalue weighted by molar-refractivity contribution is 5.75. The molecule has 2 rings (SSSR count). The van der Waals surface area contributed by atoms with E-state index in [9.17, 15) is 9.90 Å². The van der Waals surface area contributed by atoms with E-state index in [1.165, 1.54) is 10.5 Å². The lowest BCUT2D eigenvalue weighted by Gasteiger charge is -2.19. The van der Waals surface area contributed by atoms with Gasteiger partial charge in [-0.2, -0.15) is 0 Å². The largest absolute Gasteiger partial charge is 0.392 e. The minimum Gasteiger partial charge on any atom is -0.392 e. The summed E-state index contributed by atoms with van der Waals surface area (Å²) in [5.41, 5.74) is 1.28. The van der Waals surface area contributed by atoms with Crippen molar-refractivity contribution in [1.29, 1.82) is 0 Å². The summed E-state index contributed by atoms with van der Waals surface area (Å²) in [6, 6.07) is 10.3. The zero-order valence-corrected chi connectivity index (χ0v) is 10.8. The molecule has 1 saturated carbocycles. The average molecular weight is 248 g/mol. The number of rotatable bonds is 4. The Balaban J connectivity index is 1.81. The van der Waals surface area contributed by atoms with E-state index < -0.39 is 6.10 Å². The van der Waals surface area contributed by atoms with Crippen LogP contribution < -0.4 is 5.32 Å². The third kappa shape index (κ3) is 3.23. The van der Waals surface area contributed by atoms with Crippen LogP contribution in [0.15, 0.2) is 30.3 Å². The van der Waals surface area contributed by atoms with Gasteiger partial charge in [0.25, 0.3) is 0 Å². The number of urea groups is 1. The smallest absolute Gasteiger partial charge is 0.317 e. The van der Waals surface area contributed by atoms with E-state index in [1.807, 2.05) is 18.2 Å². The molecule has 2 N–H and O–H groups in total. The molecule has 0 aromatic heterocycles. The highest BCUT2D eigenvalue weighted by Gasteiger charge is 2.39. The van der Waals surface area contributed by atoms with E-state index in [-0.39, 0.29) is 12.1 Å². The second-order valence-electron chi connectivity index (χ2n) is 5.04. The zero-order chi connectivity index (χ0) is 13.1. The molecule has 4 heteroatoms. The average Bonchev–Trinajstić information content (AvgIpc) is 3.08. The maximum atomic E-state index is 11.8. The van der Waals surface area contributed by atoms with Gasteiger partial charge in [-0.05, 0) is 18.9 Å². The lowest BCUT2D eigenvalue weighted by Crippen LogP contribution is -2.41. The summed E-state index contributed by atoms with van der Waals surface area (Å²) in [7, 11) is 1.70. The molecular formula is C14H20N2O2. The molecule has 3 atom stereocenters. The van der Waals surface area contributed by atoms with Crippen molar-refractivity contribution in [2.75, 3.05) is 13.6 Å². The molecule has 1 aromatic rings. The normalized spacial score (nSPS) is 23.3. The van der Waals surface area contributed by atoms with Crippen LogP contribution in [-0.4, -0.2) is 41.8 Å². The van der Waals surface area contributed by atoms with Crippen LogP contribution >= 0.6 is 0 Å². The first kappa shape index (κ1) is 12.9. The number of hydrogen-bond donors (Lipinski definition) is 2. The highest BCUT2D eigenvalue weighted by Crippen LogP contribution is 2.40. The molecule has 0 heterocycles. The van der Waals surface area contributed by atoms with Crippen LogP contribution in [0.2, 0.25) is 0 Å². The van der Waals surface area contributed by atoms with E-state index in [0.717, 1.165) is 6.42 Å². The molecule has 1 fully saturated rings. The van der Waals surface area contributed by atoms with Crippen LogP contribution in [0.5, 0.6) is 0 Å². The molecule has 0 bridgehead atoms. The Labute approximate surface area is 108 Å². The van der Waals surface area contributed by atoms with Crippen LogP contribution in [0.1, 0.15) is 24.8 Å². The Morgan fingerprint density at radius 2 is 2.17 bits per heavy atom. The van der Waals surface area contributed by atoms with Crippen LogP contribution in [0.3, 0.4) is 0 Å². The second kappa shape index (κ2) is 5.40. The first-order valence-corrected chi connectivity index (χ1v) is 6.32. The fourth-order valence-electron chi connectivity index (χ4n) is 2.17. The van der Waals surface area contributed by atoms with Crippen molar-refractivity contribution in [1.82, 2.24) is 10.2 Å². The molecule has 1 aliphatic carbocycles. The van der Waals surface area contributed by atoms with Crippen molar-refractivity contribution >= 4 is 6.03 Å². The molecule has 0 saturated heterocycles. The number of benzene rings is 1. The van der Waals surface area contributed by atoms with Crippen molar-refractivity contribution in [3.8, 4) is 0 Å². The molecular weight excluding hydrogens is 228 g/mol. The van der Waals surface area contributed by atoms with Crippen molar-refractivity contribution in [3.05, 3.63) is 35.9 Å². The van der Waals surface area contributed by atoms with Gasteiger partial charge in [-0.25, -0.2) is 4.79 Å². The molecule has 0 spiro atoms. The van der Waals surface area contributed by atoms with Gasteiger partial charge in [-0.15, -0.1) is 0 Å². The van der Waals surface area contributed by atoms with E-state index in [1.54, 1.807) is 14.0 Å². The summed E-state index contributed by atoms with van der Waals surface area (Å²) in [6.07, 6.45) is 0.503. The molecule has 0 aliphatic heterocycles. The standard InChI is InChI=1S/C14H20N2O2/c1-10(17)9-16(2)14(18)15-13-8-12(13)11-6-4-3-5-7-11/h3-7,10,12-13,17H,8-9H2,1-2H3,(H,15,18). The van der Waals surface area contributed by atoms with Crippen molar-refractivity contribution in [3.63, 3.8) is 0 Å². The van der Waals surface area contributed by atoms with Crippen LogP contribution in [-0.2, 0) is 0 Å². The van der Waals surface area contributed by atoms with Crippen LogP contribution in [0.25, 0.3) is 0 Å². The monoisotopic (exact) mass is 248 g/mol. The van der Waals surface area contributed by atoms with E-state index >= 15 is 0 Å². The van der Waals surface area contributed by atoms with Gasteiger partial charge in [-0.3, -0.25) is 0 Å². The Morgan fingerprint density at radius 3 is 2.78 bits per heavy atom. The van der Waals surface area contributed by atoms with Crippen molar-refractivity contribution in [2.24, 2.45) is 0 Å². The molecule has 0 radical (unpaired) electrons. The fourth-order valence-corrected chi connectivity index (χ4v) is 2.17. The summed E-state index contributed by atoms with van der Waals surface area (Å²) < 4.78 is 0. The molecule has 3 unspecified atom stereocenters. The number of aliphatic hydroxyl groups excluding tert-OH is 1. The van der Waals surface area contributed by atoms with Crippen LogP contribution in [0.4, 0.5) is 4.79 Å². The summed E-state index contributed by atoms with van der Waals surface area (Å²) in [5.74, 6) is 0.440. The minimum atomic E-state index is -0.495. The molecule has 4 nitrogen and oxygen atoms in total. The number of nitrogens with one attached hydrogen (secondary N) is 1. The number of amides is 2. The van der Waals surface area contributed by atoms with Gasteiger partial charge in [-0.1, -0.05) is 30.3 Å². The molecule has 98 valence electrons. The summed E-state index contributed by atoms with van der Waals surface area (Å²) in [5, 5.41) is 12.2. The first-order valence-electron chi connectivity index (χ1n) is 6.32. The van der Waals surface area contributed by atoms with Crippen molar-refractivity contribution in [2.45, 2.75) is 31.4 Å². The number of carbonyl (C=O) groups is 1. The Hall–Kier alpha value is -1.55. The predicted octanol–water partition coefficient (Wildman–Crippen LogP) is 1.56. The van der Waals surface area contributed by atoms with Gasteiger partial charge in [0.1, 0.15) is 0 Å². The van der Waals surface area contributed by atoms with E-state index in [4.69, 9.17) is 0 Å². The SMILES string of the molecule is CC(O)CN(C)C(=O)NC1CC1c1ccccc1. The van der Waals surface area contributed by atoms with Crippen LogP contribution in [0, 0.1) is 0 Å². The first-order chi connectivity index (χ1) is 8.58. The van der Waals surface area contributed by atoms with E-state index in [2.05, 4.69) is 17.4 Å². The number of nitrogens with zero attached hydrogens (tertiary/aromatic N) is 1. The topological polar surface area (TPSA) is 52.6 Å². The van der Waals surface area contributed by atoms with E-state index in [0.29, 0.717) is 12.5 Å². The molecule has 1 aliphatic rings. The summed E-state index contributed by atoms with van der Waals surface area (Å²) in [6.45, 7) is 2.03. The summed E-state index contributed by atoms with van der Waals surface area (Å²) >= 11 is 0. The summed E-state index contributed by atoms with van der Waals surface area (Å²) in [4.78, 5) is 13.3. The number of carbonyl (C=O) groups excluding carboxylic acids is 1. The van der Waals surface area contributed by atoms with Gasteiger partial charge in [0, 0.05) is 25.6 Å². The predicted molar refractivity (Wildman–Crippen MR) is 70.4 cm³/mol. The minimum absolute atomic E-state index is 0.112. The van der Waals surface area contributed by atoms with Gasteiger partial charge in [0.2, 0.25) is 0 Å². The number of likely N-dealkylation sites (N-methyl/N-ethyl adjacent to an activating group) is 1. The Kier molecular flexibility index (Phi) is 3.87. The van der Waals surface area contributed by atoms with Gasteiger partial charge in [0.05, 0.1) is 6.10 Å². The van der Waals surface area contributed by atoms with Gasteiger partial charge < -0.3 is 15.3 Å². The third-order valence-electron chi connectivity index (χ3n) is 3.21. The van der Waals surface area contributed by atoms with Gasteiger partial charge in [0.15, 0.2) is 0 Å². The second-order valence-corrected chi connectivity index (χ2v) is 5.04. The van der Waals surface area contributed by atoms with Gasteiger partial charge >= 0.3 is 6.03 Å². The lowest BCUT2D eigenvalue weighted by molar-refractivity contribution is 0.143. The maximum absolute atomic E-state index is 11.8. The molecule has 1 aromatic carbocycles. The fraction of sp³-hybridized carbons (Fsp3) is 0.500. The molecule has 2 amide bonds. The number of aliphatic hydroxyl groups is 1. The maximum Gasteiger partial charge on any atom is 0.317 e. The lowest BCUT2D eigenvalue weighted by atomic mass is 10.1. The third-order valence-corrected chi connectivity index (χ3v) is 3.21. The zero-order valence-electron chi connectivity index (χ0n) is 10.8. The number of hydrogen-bond acceptors (Lipinski definition) is 2. The quantitative estimate of drug-likeness (QED) is 0.849. The molecule has 18 heavy (non-hydrogen) atoms.